The van der Waals surface area contributed by atoms with Crippen molar-refractivity contribution in [2.24, 2.45) is 0 Å². The highest BCUT2D eigenvalue weighted by Crippen LogP contribution is 2.50. The van der Waals surface area contributed by atoms with Crippen LogP contribution in [0.25, 0.3) is 0 Å². The van der Waals surface area contributed by atoms with Crippen molar-refractivity contribution in [1.29, 1.82) is 0 Å². The normalized spacial score (nSPS) is 17.8. The molecule has 2 aromatic carbocycles. The minimum Gasteiger partial charge on any atom is -0.491 e. The summed E-state index contributed by atoms with van der Waals surface area (Å²) in [7, 11) is 0. The molecule has 3 rings (SSSR count). The van der Waals surface area contributed by atoms with Gasteiger partial charge in [0.25, 0.3) is 11.5 Å². The smallest absolute Gasteiger partial charge is 0.430 e. The van der Waals surface area contributed by atoms with Gasteiger partial charge in [-0.25, -0.2) is 4.79 Å². The van der Waals surface area contributed by atoms with Crippen LogP contribution in [0.1, 0.15) is 63.6 Å². The van der Waals surface area contributed by atoms with E-state index in [1.165, 1.54) is 0 Å². The predicted molar refractivity (Wildman–Crippen MR) is 144 cm³/mol. The van der Waals surface area contributed by atoms with E-state index in [4.69, 9.17) is 4.74 Å². The van der Waals surface area contributed by atoms with E-state index in [-0.39, 0.29) is 43.2 Å². The number of benzene rings is 2. The summed E-state index contributed by atoms with van der Waals surface area (Å²) >= 11 is 0. The highest BCUT2D eigenvalue weighted by molar-refractivity contribution is 6.07. The standard InChI is InChI=1S/C29H33F6N3O5/c1-5-7-18-16-20(27(42,28(30,31)32)29(33,34)35)11-14-22(18)36-23(39)8-6-15-38-24(40)26(4,37-25(38)41)19-9-12-21(13-10-19)43-17(2)3/h9-14,16-17,42H,5-8,15H2,1-4H3,(H,36,39)(H,37,41). The number of carbonyl (C=O) groups excluding carboxylic acids is 3. The third kappa shape index (κ3) is 6.89. The summed E-state index contributed by atoms with van der Waals surface area (Å²) in [5.74, 6) is -0.573. The molecule has 1 heterocycles. The maximum atomic E-state index is 13.3. The molecule has 1 aliphatic rings. The second-order valence-electron chi connectivity index (χ2n) is 10.7. The van der Waals surface area contributed by atoms with Crippen LogP contribution in [0.3, 0.4) is 0 Å². The van der Waals surface area contributed by atoms with Gasteiger partial charge in [0.1, 0.15) is 11.3 Å². The van der Waals surface area contributed by atoms with E-state index in [1.807, 2.05) is 13.8 Å². The summed E-state index contributed by atoms with van der Waals surface area (Å²) in [5.41, 5.74) is -7.38. The molecule has 0 aliphatic carbocycles. The van der Waals surface area contributed by atoms with Crippen molar-refractivity contribution in [3.63, 3.8) is 0 Å². The van der Waals surface area contributed by atoms with Gasteiger partial charge in [-0.15, -0.1) is 0 Å². The Morgan fingerprint density at radius 1 is 1.05 bits per heavy atom. The number of nitrogens with zero attached hydrogens (tertiary/aromatic N) is 1. The molecule has 0 radical (unpaired) electrons. The van der Waals surface area contributed by atoms with Crippen molar-refractivity contribution in [2.75, 3.05) is 11.9 Å². The number of carbonyl (C=O) groups is 3. The number of urea groups is 1. The molecule has 236 valence electrons. The molecular weight excluding hydrogens is 584 g/mol. The molecule has 1 atom stereocenters. The molecule has 43 heavy (non-hydrogen) atoms. The van der Waals surface area contributed by atoms with Crippen LogP contribution >= 0.6 is 0 Å². The van der Waals surface area contributed by atoms with Gasteiger partial charge in [0, 0.05) is 24.2 Å². The van der Waals surface area contributed by atoms with Gasteiger partial charge in [0.2, 0.25) is 5.91 Å². The first-order chi connectivity index (χ1) is 19.8. The summed E-state index contributed by atoms with van der Waals surface area (Å²) in [6, 6.07) is 7.95. The summed E-state index contributed by atoms with van der Waals surface area (Å²) < 4.78 is 85.6. The van der Waals surface area contributed by atoms with Crippen LogP contribution in [0, 0.1) is 0 Å². The van der Waals surface area contributed by atoms with E-state index in [1.54, 1.807) is 38.1 Å². The molecule has 8 nitrogen and oxygen atoms in total. The van der Waals surface area contributed by atoms with E-state index in [0.717, 1.165) is 11.0 Å². The fraction of sp³-hybridized carbons (Fsp3) is 0.483. The predicted octanol–water partition coefficient (Wildman–Crippen LogP) is 5.92. The second kappa shape index (κ2) is 12.4. The van der Waals surface area contributed by atoms with E-state index in [2.05, 4.69) is 10.6 Å². The highest BCUT2D eigenvalue weighted by Gasteiger charge is 2.71. The lowest BCUT2D eigenvalue weighted by molar-refractivity contribution is -0.376. The Balaban J connectivity index is 1.68. The number of halogens is 6. The molecule has 3 N–H and O–H groups in total. The molecule has 0 bridgehead atoms. The number of rotatable bonds is 11. The highest BCUT2D eigenvalue weighted by atomic mass is 19.4. The van der Waals surface area contributed by atoms with Crippen LogP contribution in [-0.4, -0.2) is 52.9 Å². The van der Waals surface area contributed by atoms with E-state index >= 15 is 0 Å². The molecule has 0 aromatic heterocycles. The minimum atomic E-state index is -6.04. The van der Waals surface area contributed by atoms with E-state index < -0.39 is 46.9 Å². The Kier molecular flexibility index (Phi) is 9.74. The average Bonchev–Trinajstić information content (AvgIpc) is 3.11. The van der Waals surface area contributed by atoms with Gasteiger partial charge in [-0.2, -0.15) is 26.3 Å². The van der Waals surface area contributed by atoms with Crippen molar-refractivity contribution in [3.8, 4) is 5.75 Å². The van der Waals surface area contributed by atoms with Gasteiger partial charge in [-0.1, -0.05) is 37.6 Å². The number of alkyl halides is 6. The third-order valence-electron chi connectivity index (χ3n) is 7.00. The molecule has 1 fully saturated rings. The molecule has 0 spiro atoms. The summed E-state index contributed by atoms with van der Waals surface area (Å²) in [6.45, 7) is 6.80. The monoisotopic (exact) mass is 617 g/mol. The quantitative estimate of drug-likeness (QED) is 0.214. The first kappa shape index (κ1) is 33.7. The van der Waals surface area contributed by atoms with Gasteiger partial charge >= 0.3 is 18.4 Å². The summed E-state index contributed by atoms with van der Waals surface area (Å²) in [4.78, 5) is 39.4. The molecule has 4 amide bonds. The number of hydrogen-bond acceptors (Lipinski definition) is 5. The van der Waals surface area contributed by atoms with Crippen LogP contribution in [0.2, 0.25) is 0 Å². The lowest BCUT2D eigenvalue weighted by Gasteiger charge is -2.33. The van der Waals surface area contributed by atoms with E-state index in [0.29, 0.717) is 29.9 Å². The lowest BCUT2D eigenvalue weighted by atomic mass is 9.89. The zero-order valence-corrected chi connectivity index (χ0v) is 23.9. The SMILES string of the molecule is CCCc1cc(C(O)(C(F)(F)F)C(F)(F)F)ccc1NC(=O)CCCN1C(=O)NC(C)(c2ccc(OC(C)C)cc2)C1=O. The first-order valence-electron chi connectivity index (χ1n) is 13.6. The van der Waals surface area contributed by atoms with Gasteiger partial charge in [-0.3, -0.25) is 14.5 Å². The van der Waals surface area contributed by atoms with Gasteiger partial charge in [-0.05, 0) is 62.9 Å². The Bertz CT molecular complexity index is 1330. The molecule has 1 aliphatic heterocycles. The number of amides is 4. The number of ether oxygens (including phenoxy) is 1. The fourth-order valence-electron chi connectivity index (χ4n) is 4.75. The zero-order chi connectivity index (χ0) is 32.4. The zero-order valence-electron chi connectivity index (χ0n) is 23.9. The molecular formula is C29H33F6N3O5. The first-order valence-corrected chi connectivity index (χ1v) is 13.6. The van der Waals surface area contributed by atoms with Crippen LogP contribution in [0.4, 0.5) is 36.8 Å². The Hall–Kier alpha value is -3.81. The number of aryl methyl sites for hydroxylation is 1. The molecule has 0 saturated carbocycles. The number of hydrogen-bond donors (Lipinski definition) is 3. The fourth-order valence-corrected chi connectivity index (χ4v) is 4.75. The third-order valence-corrected chi connectivity index (χ3v) is 7.00. The molecule has 2 aromatic rings. The average molecular weight is 618 g/mol. The summed E-state index contributed by atoms with van der Waals surface area (Å²) in [5, 5.41) is 14.9. The molecule has 1 unspecified atom stereocenters. The Morgan fingerprint density at radius 2 is 1.65 bits per heavy atom. The maximum absolute atomic E-state index is 13.3. The van der Waals surface area contributed by atoms with Gasteiger partial charge < -0.3 is 20.5 Å². The van der Waals surface area contributed by atoms with Crippen molar-refractivity contribution in [2.45, 2.75) is 83.0 Å². The number of imide groups is 1. The largest absolute Gasteiger partial charge is 0.491 e. The number of anilines is 1. The Morgan fingerprint density at radius 3 is 2.19 bits per heavy atom. The lowest BCUT2D eigenvalue weighted by Crippen LogP contribution is -2.54. The van der Waals surface area contributed by atoms with Gasteiger partial charge in [0.15, 0.2) is 0 Å². The molecule has 14 heteroatoms. The number of aliphatic hydroxyl groups is 1. The van der Waals surface area contributed by atoms with E-state index in [9.17, 15) is 45.8 Å². The van der Waals surface area contributed by atoms with Crippen molar-refractivity contribution < 1.29 is 50.6 Å². The van der Waals surface area contributed by atoms with Crippen molar-refractivity contribution in [1.82, 2.24) is 10.2 Å². The van der Waals surface area contributed by atoms with Gasteiger partial charge in [0.05, 0.1) is 6.10 Å². The van der Waals surface area contributed by atoms with Crippen LogP contribution in [0.15, 0.2) is 42.5 Å². The van der Waals surface area contributed by atoms with Crippen LogP contribution < -0.4 is 15.4 Å². The Labute approximate surface area is 244 Å². The topological polar surface area (TPSA) is 108 Å². The van der Waals surface area contributed by atoms with Crippen LogP contribution in [0.5, 0.6) is 5.75 Å². The summed E-state index contributed by atoms with van der Waals surface area (Å²) in [6.07, 6.45) is -12.0. The maximum Gasteiger partial charge on any atom is 0.430 e. The molecule has 1 saturated heterocycles. The van der Waals surface area contributed by atoms with Crippen LogP contribution in [-0.2, 0) is 27.1 Å². The van der Waals surface area contributed by atoms with Crippen molar-refractivity contribution in [3.05, 3.63) is 59.2 Å². The minimum absolute atomic E-state index is 0.0147. The van der Waals surface area contributed by atoms with Crippen molar-refractivity contribution >= 4 is 23.5 Å². The number of nitrogens with one attached hydrogen (secondary N) is 2. The second-order valence-corrected chi connectivity index (χ2v) is 10.7.